The summed E-state index contributed by atoms with van der Waals surface area (Å²) in [5.74, 6) is 0.904. The molecule has 2 rings (SSSR count). The minimum absolute atomic E-state index is 0.331. The number of ether oxygens (including phenoxy) is 1. The van der Waals surface area contributed by atoms with Gasteiger partial charge in [0.2, 0.25) is 0 Å². The number of methoxy groups -OCH3 is 1. The van der Waals surface area contributed by atoms with Crippen LogP contribution in [0.3, 0.4) is 0 Å². The summed E-state index contributed by atoms with van der Waals surface area (Å²) in [6.07, 6.45) is 1.10. The van der Waals surface area contributed by atoms with E-state index in [9.17, 15) is 0 Å². The number of benzene rings is 1. The number of nitrogens with one attached hydrogen (secondary N) is 1. The van der Waals surface area contributed by atoms with Crippen molar-refractivity contribution in [2.24, 2.45) is 0 Å². The van der Waals surface area contributed by atoms with Crippen molar-refractivity contribution >= 4 is 11.3 Å². The highest BCUT2D eigenvalue weighted by Crippen LogP contribution is 2.26. The standard InChI is InChI=1S/C16H21NOS/c1-4-15(16-6-5-11-19-16)17-12(2)13-7-9-14(18-3)10-8-13/h5-12,15,17H,4H2,1-3H3/t12-,15?/m0/s1. The van der Waals surface area contributed by atoms with Gasteiger partial charge in [0, 0.05) is 17.0 Å². The van der Waals surface area contributed by atoms with Crippen LogP contribution in [0.25, 0.3) is 0 Å². The van der Waals surface area contributed by atoms with E-state index in [0.717, 1.165) is 12.2 Å². The van der Waals surface area contributed by atoms with E-state index in [4.69, 9.17) is 4.74 Å². The number of rotatable bonds is 6. The molecule has 2 atom stereocenters. The lowest BCUT2D eigenvalue weighted by Gasteiger charge is -2.22. The SMILES string of the molecule is CCC(N[C@@H](C)c1ccc(OC)cc1)c1cccs1. The Morgan fingerprint density at radius 1 is 1.21 bits per heavy atom. The molecule has 0 spiro atoms. The smallest absolute Gasteiger partial charge is 0.118 e. The third-order valence-electron chi connectivity index (χ3n) is 3.36. The lowest BCUT2D eigenvalue weighted by molar-refractivity contribution is 0.414. The number of hydrogen-bond acceptors (Lipinski definition) is 3. The zero-order valence-corrected chi connectivity index (χ0v) is 12.5. The van der Waals surface area contributed by atoms with E-state index in [1.54, 1.807) is 7.11 Å². The van der Waals surface area contributed by atoms with E-state index >= 15 is 0 Å². The topological polar surface area (TPSA) is 21.3 Å². The largest absolute Gasteiger partial charge is 0.497 e. The molecule has 2 aromatic rings. The molecular formula is C16H21NOS. The van der Waals surface area contributed by atoms with Gasteiger partial charge in [0.1, 0.15) is 5.75 Å². The molecule has 0 aliphatic carbocycles. The normalized spacial score (nSPS) is 14.1. The van der Waals surface area contributed by atoms with Crippen LogP contribution in [0.1, 0.15) is 42.8 Å². The molecule has 1 heterocycles. The minimum atomic E-state index is 0.331. The highest BCUT2D eigenvalue weighted by atomic mass is 32.1. The molecule has 0 amide bonds. The third-order valence-corrected chi connectivity index (χ3v) is 4.35. The van der Waals surface area contributed by atoms with Gasteiger partial charge in [0.05, 0.1) is 7.11 Å². The molecule has 3 heteroatoms. The van der Waals surface area contributed by atoms with Crippen molar-refractivity contribution in [1.82, 2.24) is 5.32 Å². The van der Waals surface area contributed by atoms with Crippen LogP contribution < -0.4 is 10.1 Å². The van der Waals surface area contributed by atoms with Crippen LogP contribution >= 0.6 is 11.3 Å². The second-order valence-electron chi connectivity index (χ2n) is 4.64. The molecule has 0 aliphatic heterocycles. The van der Waals surface area contributed by atoms with Gasteiger partial charge in [-0.2, -0.15) is 0 Å². The second kappa shape index (κ2) is 6.73. The summed E-state index contributed by atoms with van der Waals surface area (Å²) >= 11 is 1.82. The van der Waals surface area contributed by atoms with Crippen LogP contribution in [0, 0.1) is 0 Å². The molecule has 1 aromatic heterocycles. The van der Waals surface area contributed by atoms with Gasteiger partial charge in [0.25, 0.3) is 0 Å². The minimum Gasteiger partial charge on any atom is -0.497 e. The van der Waals surface area contributed by atoms with Crippen molar-refractivity contribution in [3.8, 4) is 5.75 Å². The van der Waals surface area contributed by atoms with Crippen LogP contribution in [0.4, 0.5) is 0 Å². The van der Waals surface area contributed by atoms with Crippen molar-refractivity contribution in [2.45, 2.75) is 32.4 Å². The summed E-state index contributed by atoms with van der Waals surface area (Å²) in [5, 5.41) is 5.83. The molecule has 0 bridgehead atoms. The fourth-order valence-electron chi connectivity index (χ4n) is 2.18. The number of thiophene rings is 1. The van der Waals surface area contributed by atoms with Crippen molar-refractivity contribution in [1.29, 1.82) is 0 Å². The molecule has 102 valence electrons. The number of hydrogen-bond donors (Lipinski definition) is 1. The average Bonchev–Trinajstić information content (AvgIpc) is 2.98. The van der Waals surface area contributed by atoms with Crippen molar-refractivity contribution < 1.29 is 4.74 Å². The monoisotopic (exact) mass is 275 g/mol. The highest BCUT2D eigenvalue weighted by Gasteiger charge is 2.14. The summed E-state index contributed by atoms with van der Waals surface area (Å²) in [6.45, 7) is 4.43. The molecule has 2 nitrogen and oxygen atoms in total. The molecular weight excluding hydrogens is 254 g/mol. The summed E-state index contributed by atoms with van der Waals surface area (Å²) in [7, 11) is 1.70. The van der Waals surface area contributed by atoms with Gasteiger partial charge in [-0.15, -0.1) is 11.3 Å². The maximum absolute atomic E-state index is 5.19. The van der Waals surface area contributed by atoms with Gasteiger partial charge in [0.15, 0.2) is 0 Å². The molecule has 1 N–H and O–H groups in total. The van der Waals surface area contributed by atoms with Gasteiger partial charge >= 0.3 is 0 Å². The van der Waals surface area contributed by atoms with Crippen LogP contribution in [-0.4, -0.2) is 7.11 Å². The first kappa shape index (κ1) is 14.1. The van der Waals surface area contributed by atoms with Crippen LogP contribution in [0.5, 0.6) is 5.75 Å². The van der Waals surface area contributed by atoms with Crippen molar-refractivity contribution in [2.75, 3.05) is 7.11 Å². The van der Waals surface area contributed by atoms with Crippen LogP contribution in [0.15, 0.2) is 41.8 Å². The maximum atomic E-state index is 5.19. The maximum Gasteiger partial charge on any atom is 0.118 e. The summed E-state index contributed by atoms with van der Waals surface area (Å²) in [4.78, 5) is 1.41. The third kappa shape index (κ3) is 3.58. The fourth-order valence-corrected chi connectivity index (χ4v) is 3.05. The van der Waals surface area contributed by atoms with Crippen molar-refractivity contribution in [3.05, 3.63) is 52.2 Å². The molecule has 0 saturated carbocycles. The molecule has 0 saturated heterocycles. The van der Waals surface area contributed by atoms with Crippen molar-refractivity contribution in [3.63, 3.8) is 0 Å². The first-order valence-corrected chi connectivity index (χ1v) is 7.56. The Labute approximate surface area is 119 Å². The highest BCUT2D eigenvalue weighted by molar-refractivity contribution is 7.10. The molecule has 0 fully saturated rings. The Hall–Kier alpha value is -1.32. The van der Waals surface area contributed by atoms with Gasteiger partial charge in [-0.1, -0.05) is 25.1 Å². The predicted molar refractivity (Wildman–Crippen MR) is 81.9 cm³/mol. The molecule has 19 heavy (non-hydrogen) atoms. The molecule has 1 unspecified atom stereocenters. The Morgan fingerprint density at radius 3 is 2.47 bits per heavy atom. The first-order valence-electron chi connectivity index (χ1n) is 6.68. The van der Waals surface area contributed by atoms with E-state index in [1.807, 2.05) is 23.5 Å². The molecule has 1 aromatic carbocycles. The van der Waals surface area contributed by atoms with E-state index in [0.29, 0.717) is 12.1 Å². The van der Waals surface area contributed by atoms with Gasteiger partial charge in [-0.3, -0.25) is 0 Å². The lowest BCUT2D eigenvalue weighted by Crippen LogP contribution is -2.23. The Balaban J connectivity index is 2.04. The zero-order chi connectivity index (χ0) is 13.7. The lowest BCUT2D eigenvalue weighted by atomic mass is 10.1. The quantitative estimate of drug-likeness (QED) is 0.834. The molecule has 0 aliphatic rings. The average molecular weight is 275 g/mol. The summed E-state index contributed by atoms with van der Waals surface area (Å²) in [5.41, 5.74) is 1.29. The predicted octanol–water partition coefficient (Wildman–Crippen LogP) is 4.56. The van der Waals surface area contributed by atoms with Gasteiger partial charge in [-0.05, 0) is 42.5 Å². The first-order chi connectivity index (χ1) is 9.24. The molecule has 0 radical (unpaired) electrons. The summed E-state index contributed by atoms with van der Waals surface area (Å²) < 4.78 is 5.19. The van der Waals surface area contributed by atoms with E-state index < -0.39 is 0 Å². The fraction of sp³-hybridized carbons (Fsp3) is 0.375. The Kier molecular flexibility index (Phi) is 5.00. The van der Waals surface area contributed by atoms with Crippen LogP contribution in [-0.2, 0) is 0 Å². The summed E-state index contributed by atoms with van der Waals surface area (Å²) in [6, 6.07) is 13.3. The Morgan fingerprint density at radius 2 is 1.95 bits per heavy atom. The van der Waals surface area contributed by atoms with E-state index in [-0.39, 0.29) is 0 Å². The van der Waals surface area contributed by atoms with E-state index in [1.165, 1.54) is 10.4 Å². The van der Waals surface area contributed by atoms with Gasteiger partial charge < -0.3 is 10.1 Å². The second-order valence-corrected chi connectivity index (χ2v) is 5.62. The van der Waals surface area contributed by atoms with Crippen LogP contribution in [0.2, 0.25) is 0 Å². The zero-order valence-electron chi connectivity index (χ0n) is 11.7. The van der Waals surface area contributed by atoms with Gasteiger partial charge in [-0.25, -0.2) is 0 Å². The Bertz CT molecular complexity index is 478. The van der Waals surface area contributed by atoms with E-state index in [2.05, 4.69) is 48.8 Å².